The average molecular weight is 373 g/mol. The van der Waals surface area contributed by atoms with Crippen molar-refractivity contribution in [2.75, 3.05) is 4.90 Å². The van der Waals surface area contributed by atoms with Crippen molar-refractivity contribution in [3.63, 3.8) is 0 Å². The van der Waals surface area contributed by atoms with Crippen LogP contribution >= 0.6 is 0 Å². The Bertz CT molecular complexity index is 1250. The van der Waals surface area contributed by atoms with Crippen LogP contribution in [-0.4, -0.2) is 21.0 Å². The van der Waals surface area contributed by atoms with Gasteiger partial charge in [-0.3, -0.25) is 9.69 Å². The highest BCUT2D eigenvalue weighted by Crippen LogP contribution is 2.46. The lowest BCUT2D eigenvalue weighted by atomic mass is 9.93. The largest absolute Gasteiger partial charge is 0.363 e. The number of aryl methyl sites for hydroxylation is 1. The summed E-state index contributed by atoms with van der Waals surface area (Å²) in [7, 11) is 0. The zero-order valence-corrected chi connectivity index (χ0v) is 15.0. The lowest BCUT2D eigenvalue weighted by molar-refractivity contribution is 0.0699. The Morgan fingerprint density at radius 3 is 2.79 bits per heavy atom. The van der Waals surface area contributed by atoms with Gasteiger partial charge in [0.25, 0.3) is 5.91 Å². The quantitative estimate of drug-likeness (QED) is 0.561. The first-order valence-corrected chi connectivity index (χ1v) is 8.87. The van der Waals surface area contributed by atoms with E-state index in [1.54, 1.807) is 67.8 Å². The number of carbonyl (C=O) groups excluding carboxylic acids is 1. The summed E-state index contributed by atoms with van der Waals surface area (Å²) >= 11 is 0. The number of carbonyl (C=O) groups is 1. The van der Waals surface area contributed by atoms with Crippen molar-refractivity contribution in [2.24, 2.45) is 0 Å². The smallest absolute Gasteiger partial charge is 0.261 e. The van der Waals surface area contributed by atoms with E-state index in [4.69, 9.17) is 0 Å². The molecule has 6 heteroatoms. The molecule has 0 saturated heterocycles. The molecule has 28 heavy (non-hydrogen) atoms. The van der Waals surface area contributed by atoms with Crippen molar-refractivity contribution in [3.05, 3.63) is 95.1 Å². The van der Waals surface area contributed by atoms with E-state index in [9.17, 15) is 14.3 Å². The second-order valence-corrected chi connectivity index (χ2v) is 6.90. The SMILES string of the molecule is Cc1cccc(N2C(=O)c3ccccc3C2(O)c2ccc3nc[nH]c3c2)c1F. The van der Waals surface area contributed by atoms with Gasteiger partial charge in [-0.15, -0.1) is 0 Å². The zero-order valence-electron chi connectivity index (χ0n) is 15.0. The molecule has 0 saturated carbocycles. The molecule has 1 aliphatic rings. The Kier molecular flexibility index (Phi) is 3.41. The molecule has 1 aliphatic heterocycles. The second-order valence-electron chi connectivity index (χ2n) is 6.90. The summed E-state index contributed by atoms with van der Waals surface area (Å²) in [5, 5.41) is 11.9. The van der Waals surface area contributed by atoms with E-state index in [0.717, 1.165) is 10.4 Å². The minimum absolute atomic E-state index is 0.0356. The van der Waals surface area contributed by atoms with Gasteiger partial charge in [0, 0.05) is 16.7 Å². The topological polar surface area (TPSA) is 69.2 Å². The Hall–Kier alpha value is -3.51. The van der Waals surface area contributed by atoms with Gasteiger partial charge in [0.15, 0.2) is 5.72 Å². The van der Waals surface area contributed by atoms with Crippen molar-refractivity contribution in [1.82, 2.24) is 9.97 Å². The highest BCUT2D eigenvalue weighted by atomic mass is 19.1. The van der Waals surface area contributed by atoms with Gasteiger partial charge in [0.05, 0.1) is 23.0 Å². The highest BCUT2D eigenvalue weighted by molar-refractivity contribution is 6.12. The van der Waals surface area contributed by atoms with Gasteiger partial charge >= 0.3 is 0 Å². The fourth-order valence-electron chi connectivity index (χ4n) is 3.89. The molecule has 1 atom stereocenters. The van der Waals surface area contributed by atoms with Crippen LogP contribution in [0.1, 0.15) is 27.0 Å². The van der Waals surface area contributed by atoms with Crippen LogP contribution in [0, 0.1) is 12.7 Å². The summed E-state index contributed by atoms with van der Waals surface area (Å²) < 4.78 is 15.0. The fraction of sp³-hybridized carbons (Fsp3) is 0.0909. The third-order valence-electron chi connectivity index (χ3n) is 5.29. The van der Waals surface area contributed by atoms with Gasteiger partial charge in [-0.05, 0) is 36.8 Å². The second kappa shape index (κ2) is 5.74. The molecule has 0 radical (unpaired) electrons. The van der Waals surface area contributed by atoms with E-state index in [-0.39, 0.29) is 5.69 Å². The number of aliphatic hydroxyl groups is 1. The van der Waals surface area contributed by atoms with E-state index >= 15 is 0 Å². The number of fused-ring (bicyclic) bond motifs is 2. The maximum absolute atomic E-state index is 15.0. The fourth-order valence-corrected chi connectivity index (χ4v) is 3.89. The number of nitrogens with zero attached hydrogens (tertiary/aromatic N) is 2. The maximum atomic E-state index is 15.0. The molecule has 4 aromatic rings. The standard InChI is InChI=1S/C22H16FN3O2/c1-13-5-4-8-19(20(13)23)26-21(27)15-6-2-3-7-16(15)22(26,28)14-9-10-17-18(11-14)25-12-24-17/h2-12,28H,1H3,(H,24,25). The molecule has 5 rings (SSSR count). The first-order valence-electron chi connectivity index (χ1n) is 8.87. The van der Waals surface area contributed by atoms with Crippen molar-refractivity contribution in [3.8, 4) is 0 Å². The number of nitrogens with one attached hydrogen (secondary N) is 1. The lowest BCUT2D eigenvalue weighted by Crippen LogP contribution is -2.45. The Labute approximate surface area is 160 Å². The molecule has 1 amide bonds. The van der Waals surface area contributed by atoms with E-state index in [2.05, 4.69) is 9.97 Å². The molecule has 5 nitrogen and oxygen atoms in total. The summed E-state index contributed by atoms with van der Waals surface area (Å²) in [4.78, 5) is 21.6. The molecule has 0 aliphatic carbocycles. The first kappa shape index (κ1) is 16.6. The summed E-state index contributed by atoms with van der Waals surface area (Å²) in [6.07, 6.45) is 1.56. The maximum Gasteiger partial charge on any atom is 0.261 e. The minimum atomic E-state index is -1.85. The number of anilines is 1. The highest BCUT2D eigenvalue weighted by Gasteiger charge is 2.51. The molecular weight excluding hydrogens is 357 g/mol. The molecule has 0 spiro atoms. The van der Waals surface area contributed by atoms with E-state index < -0.39 is 17.4 Å². The molecular formula is C22H16FN3O2. The third kappa shape index (κ3) is 2.09. The summed E-state index contributed by atoms with van der Waals surface area (Å²) in [6.45, 7) is 1.63. The molecule has 0 fully saturated rings. The molecule has 2 heterocycles. The average Bonchev–Trinajstić information content (AvgIpc) is 3.26. The normalized spacial score (nSPS) is 18.7. The van der Waals surface area contributed by atoms with Crippen molar-refractivity contribution >= 4 is 22.6 Å². The van der Waals surface area contributed by atoms with Crippen LogP contribution in [-0.2, 0) is 5.72 Å². The number of aromatic nitrogens is 2. The van der Waals surface area contributed by atoms with E-state index in [0.29, 0.717) is 27.8 Å². The minimum Gasteiger partial charge on any atom is -0.363 e. The number of rotatable bonds is 2. The van der Waals surface area contributed by atoms with Gasteiger partial charge in [0.1, 0.15) is 5.82 Å². The molecule has 1 aromatic heterocycles. The number of halogens is 1. The van der Waals surface area contributed by atoms with Crippen LogP contribution in [0.3, 0.4) is 0 Å². The molecule has 3 aromatic carbocycles. The third-order valence-corrected chi connectivity index (χ3v) is 5.29. The van der Waals surface area contributed by atoms with Crippen LogP contribution in [0.15, 0.2) is 67.0 Å². The summed E-state index contributed by atoms with van der Waals surface area (Å²) in [6, 6.07) is 16.8. The number of H-pyrrole nitrogens is 1. The van der Waals surface area contributed by atoms with Crippen molar-refractivity contribution in [1.29, 1.82) is 0 Å². The Morgan fingerprint density at radius 1 is 1.11 bits per heavy atom. The van der Waals surface area contributed by atoms with Crippen LogP contribution in [0.25, 0.3) is 11.0 Å². The predicted molar refractivity (Wildman–Crippen MR) is 103 cm³/mol. The van der Waals surface area contributed by atoms with E-state index in [1.165, 1.54) is 6.07 Å². The molecule has 138 valence electrons. The Balaban J connectivity index is 1.82. The van der Waals surface area contributed by atoms with E-state index in [1.807, 2.05) is 0 Å². The first-order chi connectivity index (χ1) is 13.5. The number of benzene rings is 3. The molecule has 2 N–H and O–H groups in total. The molecule has 1 unspecified atom stereocenters. The lowest BCUT2D eigenvalue weighted by Gasteiger charge is -2.35. The summed E-state index contributed by atoms with van der Waals surface area (Å²) in [5.41, 5.74) is 1.24. The van der Waals surface area contributed by atoms with Gasteiger partial charge < -0.3 is 10.1 Å². The van der Waals surface area contributed by atoms with Gasteiger partial charge in [-0.25, -0.2) is 9.37 Å². The van der Waals surface area contributed by atoms with Gasteiger partial charge in [-0.2, -0.15) is 0 Å². The number of hydrogen-bond acceptors (Lipinski definition) is 3. The van der Waals surface area contributed by atoms with Crippen LogP contribution in [0.4, 0.5) is 10.1 Å². The monoisotopic (exact) mass is 373 g/mol. The number of imidazole rings is 1. The van der Waals surface area contributed by atoms with Crippen molar-refractivity contribution in [2.45, 2.75) is 12.6 Å². The number of aromatic amines is 1. The van der Waals surface area contributed by atoms with Crippen LogP contribution in [0.5, 0.6) is 0 Å². The van der Waals surface area contributed by atoms with Crippen LogP contribution < -0.4 is 4.90 Å². The summed E-state index contributed by atoms with van der Waals surface area (Å²) in [5.74, 6) is -0.989. The number of amides is 1. The Morgan fingerprint density at radius 2 is 1.93 bits per heavy atom. The van der Waals surface area contributed by atoms with Gasteiger partial charge in [0.2, 0.25) is 0 Å². The van der Waals surface area contributed by atoms with Crippen LogP contribution in [0.2, 0.25) is 0 Å². The van der Waals surface area contributed by atoms with Gasteiger partial charge in [-0.1, -0.05) is 36.4 Å². The predicted octanol–water partition coefficient (Wildman–Crippen LogP) is 3.86. The van der Waals surface area contributed by atoms with Crippen molar-refractivity contribution < 1.29 is 14.3 Å². The molecule has 0 bridgehead atoms. The zero-order chi connectivity index (χ0) is 19.5. The number of hydrogen-bond donors (Lipinski definition) is 2.